The molecule has 0 saturated heterocycles. The van der Waals surface area contributed by atoms with E-state index in [-0.39, 0.29) is 34.5 Å². The van der Waals surface area contributed by atoms with Crippen LogP contribution in [0.1, 0.15) is 35.6 Å². The SMILES string of the molecule is CCn1c(CO)nn(-c2nc(OC(C)C(F)(F)F)c(C(=O)Nc3c(Cl)cnc(OC)c3C)cc2F)c1=O. The molecule has 3 aromatic rings. The molecule has 0 bridgehead atoms. The van der Waals surface area contributed by atoms with E-state index in [1.807, 2.05) is 0 Å². The normalized spacial score (nSPS) is 12.4. The zero-order valence-electron chi connectivity index (χ0n) is 19.9. The molecule has 2 N–H and O–H groups in total. The highest BCUT2D eigenvalue weighted by atomic mass is 35.5. The van der Waals surface area contributed by atoms with E-state index in [1.165, 1.54) is 20.2 Å². The number of hydrogen-bond acceptors (Lipinski definition) is 8. The van der Waals surface area contributed by atoms with Crippen molar-refractivity contribution in [3.8, 4) is 17.6 Å². The van der Waals surface area contributed by atoms with Crippen LogP contribution < -0.4 is 20.5 Å². The van der Waals surface area contributed by atoms with Crippen LogP contribution in [0.4, 0.5) is 23.2 Å². The van der Waals surface area contributed by atoms with Crippen molar-refractivity contribution in [3.63, 3.8) is 0 Å². The maximum atomic E-state index is 15.1. The number of alkyl halides is 3. The number of amides is 1. The van der Waals surface area contributed by atoms with Crippen LogP contribution in [0.5, 0.6) is 11.8 Å². The van der Waals surface area contributed by atoms with Gasteiger partial charge in [-0.2, -0.15) is 22.8 Å². The number of methoxy groups -OCH3 is 1. The number of aliphatic hydroxyl groups excluding tert-OH is 1. The third-order valence-corrected chi connectivity index (χ3v) is 5.46. The molecule has 3 heterocycles. The van der Waals surface area contributed by atoms with Crippen molar-refractivity contribution >= 4 is 23.2 Å². The molecule has 37 heavy (non-hydrogen) atoms. The Labute approximate surface area is 211 Å². The molecule has 0 aliphatic carbocycles. The summed E-state index contributed by atoms with van der Waals surface area (Å²) in [5, 5.41) is 15.6. The number of pyridine rings is 2. The maximum Gasteiger partial charge on any atom is 0.425 e. The quantitative estimate of drug-likeness (QED) is 0.410. The average Bonchev–Trinajstić information content (AvgIpc) is 3.16. The van der Waals surface area contributed by atoms with Gasteiger partial charge < -0.3 is 19.9 Å². The van der Waals surface area contributed by atoms with Crippen LogP contribution in [0.25, 0.3) is 5.82 Å². The van der Waals surface area contributed by atoms with E-state index in [0.29, 0.717) is 17.7 Å². The van der Waals surface area contributed by atoms with Crippen molar-refractivity contribution in [2.45, 2.75) is 46.2 Å². The van der Waals surface area contributed by atoms with Gasteiger partial charge in [0.2, 0.25) is 11.8 Å². The number of rotatable bonds is 8. The number of carbonyl (C=O) groups is 1. The van der Waals surface area contributed by atoms with Crippen LogP contribution >= 0.6 is 11.6 Å². The number of ether oxygens (including phenoxy) is 2. The number of aromatic nitrogens is 5. The van der Waals surface area contributed by atoms with E-state index in [4.69, 9.17) is 21.1 Å². The van der Waals surface area contributed by atoms with Gasteiger partial charge in [0, 0.05) is 12.1 Å². The minimum Gasteiger partial charge on any atom is -0.481 e. The first-order chi connectivity index (χ1) is 17.3. The molecule has 1 atom stereocenters. The third-order valence-electron chi connectivity index (χ3n) is 5.18. The van der Waals surface area contributed by atoms with E-state index in [1.54, 1.807) is 6.92 Å². The second-order valence-corrected chi connectivity index (χ2v) is 7.94. The molecule has 0 aliphatic rings. The molecule has 0 fully saturated rings. The first-order valence-corrected chi connectivity index (χ1v) is 11.0. The van der Waals surface area contributed by atoms with Gasteiger partial charge in [-0.15, -0.1) is 5.10 Å². The second-order valence-electron chi connectivity index (χ2n) is 7.53. The van der Waals surface area contributed by atoms with Crippen molar-refractivity contribution in [2.24, 2.45) is 0 Å². The molecule has 0 aromatic carbocycles. The van der Waals surface area contributed by atoms with Gasteiger partial charge in [0.1, 0.15) is 12.2 Å². The molecule has 200 valence electrons. The van der Waals surface area contributed by atoms with Crippen LogP contribution in [-0.2, 0) is 13.2 Å². The van der Waals surface area contributed by atoms with Gasteiger partial charge >= 0.3 is 11.9 Å². The Kier molecular flexibility index (Phi) is 8.07. The number of aliphatic hydroxyl groups is 1. The van der Waals surface area contributed by atoms with Gasteiger partial charge in [0.25, 0.3) is 5.91 Å². The Balaban J connectivity index is 2.16. The van der Waals surface area contributed by atoms with E-state index in [0.717, 1.165) is 4.57 Å². The summed E-state index contributed by atoms with van der Waals surface area (Å²) >= 11 is 6.10. The molecule has 0 saturated carbocycles. The Morgan fingerprint density at radius 3 is 2.54 bits per heavy atom. The predicted molar refractivity (Wildman–Crippen MR) is 122 cm³/mol. The standard InChI is InChI=1S/C21H21ClF4N6O5/c1-5-31-14(8-33)30-32(20(31)35)16-13(23)6-11(19(29-16)37-10(3)21(24,25)26)17(34)28-15-9(2)18(36-4)27-7-12(15)22/h6-7,10,33H,5,8H2,1-4H3,(H,27,28,34). The summed E-state index contributed by atoms with van der Waals surface area (Å²) < 4.78 is 66.3. The third kappa shape index (κ3) is 5.51. The molecular formula is C21H21ClF4N6O5. The Hall–Kier alpha value is -3.72. The van der Waals surface area contributed by atoms with Crippen LogP contribution in [0, 0.1) is 12.7 Å². The lowest BCUT2D eigenvalue weighted by Gasteiger charge is -2.20. The van der Waals surface area contributed by atoms with E-state index >= 15 is 4.39 Å². The summed E-state index contributed by atoms with van der Waals surface area (Å²) in [6.07, 6.45) is -6.16. The lowest BCUT2D eigenvalue weighted by Crippen LogP contribution is -2.33. The number of halogens is 5. The van der Waals surface area contributed by atoms with Gasteiger partial charge in [0.05, 0.1) is 24.0 Å². The Bertz CT molecular complexity index is 1390. The highest BCUT2D eigenvalue weighted by molar-refractivity contribution is 6.34. The van der Waals surface area contributed by atoms with Crippen molar-refractivity contribution in [2.75, 3.05) is 12.4 Å². The van der Waals surface area contributed by atoms with Gasteiger partial charge in [-0.05, 0) is 26.8 Å². The molecule has 11 nitrogen and oxygen atoms in total. The van der Waals surface area contributed by atoms with Gasteiger partial charge in [0.15, 0.2) is 23.6 Å². The fraction of sp³-hybridized carbons (Fsp3) is 0.381. The average molecular weight is 549 g/mol. The number of hydrogen-bond donors (Lipinski definition) is 2. The summed E-state index contributed by atoms with van der Waals surface area (Å²) in [6.45, 7) is 3.10. The van der Waals surface area contributed by atoms with Crippen molar-refractivity contribution in [3.05, 3.63) is 50.5 Å². The van der Waals surface area contributed by atoms with Crippen molar-refractivity contribution < 1.29 is 36.9 Å². The van der Waals surface area contributed by atoms with Gasteiger partial charge in [-0.3, -0.25) is 9.36 Å². The lowest BCUT2D eigenvalue weighted by molar-refractivity contribution is -0.190. The molecular weight excluding hydrogens is 528 g/mol. The fourth-order valence-electron chi connectivity index (χ4n) is 3.21. The van der Waals surface area contributed by atoms with E-state index < -0.39 is 53.6 Å². The van der Waals surface area contributed by atoms with Gasteiger partial charge in [-0.25, -0.2) is 14.2 Å². The number of anilines is 1. The molecule has 16 heteroatoms. The maximum absolute atomic E-state index is 15.1. The highest BCUT2D eigenvalue weighted by Gasteiger charge is 2.39. The number of nitrogens with one attached hydrogen (secondary N) is 1. The number of carbonyl (C=O) groups excluding carboxylic acids is 1. The minimum atomic E-state index is -4.87. The summed E-state index contributed by atoms with van der Waals surface area (Å²) in [7, 11) is 1.32. The Morgan fingerprint density at radius 1 is 1.32 bits per heavy atom. The molecule has 0 aliphatic heterocycles. The molecule has 3 rings (SSSR count). The highest BCUT2D eigenvalue weighted by Crippen LogP contribution is 2.33. The van der Waals surface area contributed by atoms with E-state index in [9.17, 15) is 27.9 Å². The van der Waals surface area contributed by atoms with Crippen molar-refractivity contribution in [1.82, 2.24) is 24.3 Å². The first-order valence-electron chi connectivity index (χ1n) is 10.6. The van der Waals surface area contributed by atoms with Crippen molar-refractivity contribution in [1.29, 1.82) is 0 Å². The summed E-state index contributed by atoms with van der Waals surface area (Å²) in [5.74, 6) is -4.21. The monoisotopic (exact) mass is 548 g/mol. The molecule has 0 spiro atoms. The second kappa shape index (κ2) is 10.7. The van der Waals surface area contributed by atoms with Crippen LogP contribution in [0.2, 0.25) is 5.02 Å². The zero-order valence-corrected chi connectivity index (χ0v) is 20.6. The molecule has 1 unspecified atom stereocenters. The van der Waals surface area contributed by atoms with E-state index in [2.05, 4.69) is 20.4 Å². The van der Waals surface area contributed by atoms with Crippen LogP contribution in [0.15, 0.2) is 17.1 Å². The smallest absolute Gasteiger partial charge is 0.425 e. The Morgan fingerprint density at radius 2 is 2.00 bits per heavy atom. The molecule has 0 radical (unpaired) electrons. The largest absolute Gasteiger partial charge is 0.481 e. The number of nitrogens with zero attached hydrogens (tertiary/aromatic N) is 5. The minimum absolute atomic E-state index is 0.00307. The summed E-state index contributed by atoms with van der Waals surface area (Å²) in [6, 6.07) is 0.549. The van der Waals surface area contributed by atoms with Gasteiger partial charge in [-0.1, -0.05) is 11.6 Å². The summed E-state index contributed by atoms with van der Waals surface area (Å²) in [4.78, 5) is 33.3. The van der Waals surface area contributed by atoms with Crippen LogP contribution in [0.3, 0.4) is 0 Å². The predicted octanol–water partition coefficient (Wildman–Crippen LogP) is 3.03. The zero-order chi connectivity index (χ0) is 27.7. The molecule has 1 amide bonds. The molecule has 3 aromatic heterocycles. The van der Waals surface area contributed by atoms with Crippen LogP contribution in [-0.4, -0.2) is 54.7 Å². The summed E-state index contributed by atoms with van der Waals surface area (Å²) in [5.41, 5.74) is -1.36. The fourth-order valence-corrected chi connectivity index (χ4v) is 3.45. The topological polar surface area (TPSA) is 133 Å². The lowest BCUT2D eigenvalue weighted by atomic mass is 10.2. The first kappa shape index (κ1) is 27.9.